The lowest BCUT2D eigenvalue weighted by Crippen LogP contribution is -1.95. The molecule has 1 atom stereocenters. The maximum Gasteiger partial charge on any atom is 0.196 e. The number of aliphatic hydroxyl groups excluding tert-OH is 1. The maximum atomic E-state index is 11.9. The lowest BCUT2D eigenvalue weighted by atomic mass is 10.1. The second-order valence-corrected chi connectivity index (χ2v) is 3.70. The summed E-state index contributed by atoms with van der Waals surface area (Å²) in [6, 6.07) is 0. The van der Waals surface area contributed by atoms with Crippen molar-refractivity contribution in [3.8, 4) is 0 Å². The van der Waals surface area contributed by atoms with E-state index < -0.39 is 6.36 Å². The number of rotatable bonds is 9. The molecule has 0 saturated carbocycles. The monoisotopic (exact) mass is 190 g/mol. The molecule has 0 aromatic rings. The lowest BCUT2D eigenvalue weighted by Gasteiger charge is -2.01. The largest absolute Gasteiger partial charge is 0.364 e. The molecular formula is C11H23FO. The van der Waals surface area contributed by atoms with E-state index in [1.54, 1.807) is 0 Å². The van der Waals surface area contributed by atoms with Crippen molar-refractivity contribution in [3.63, 3.8) is 0 Å². The van der Waals surface area contributed by atoms with Crippen LogP contribution in [0.3, 0.4) is 0 Å². The van der Waals surface area contributed by atoms with Gasteiger partial charge in [0.05, 0.1) is 0 Å². The van der Waals surface area contributed by atoms with E-state index in [9.17, 15) is 4.39 Å². The number of hydrogen-bond acceptors (Lipinski definition) is 1. The summed E-state index contributed by atoms with van der Waals surface area (Å²) in [6.07, 6.45) is 8.33. The van der Waals surface area contributed by atoms with Gasteiger partial charge in [-0.2, -0.15) is 0 Å². The summed E-state index contributed by atoms with van der Waals surface area (Å²) < 4.78 is 11.9. The topological polar surface area (TPSA) is 20.2 Å². The van der Waals surface area contributed by atoms with Gasteiger partial charge < -0.3 is 5.11 Å². The molecule has 0 aromatic heterocycles. The Kier molecular flexibility index (Phi) is 9.89. The van der Waals surface area contributed by atoms with E-state index in [0.29, 0.717) is 6.42 Å². The predicted molar refractivity (Wildman–Crippen MR) is 54.3 cm³/mol. The zero-order chi connectivity index (χ0) is 9.94. The van der Waals surface area contributed by atoms with E-state index in [2.05, 4.69) is 6.92 Å². The van der Waals surface area contributed by atoms with Crippen molar-refractivity contribution >= 4 is 0 Å². The zero-order valence-corrected chi connectivity index (χ0v) is 8.77. The second-order valence-electron chi connectivity index (χ2n) is 3.70. The molecule has 0 spiro atoms. The summed E-state index contributed by atoms with van der Waals surface area (Å²) in [4.78, 5) is 0. The Morgan fingerprint density at radius 1 is 0.923 bits per heavy atom. The van der Waals surface area contributed by atoms with Gasteiger partial charge in [-0.15, -0.1) is 0 Å². The maximum absolute atomic E-state index is 11.9. The Bertz CT molecular complexity index is 94.1. The van der Waals surface area contributed by atoms with Gasteiger partial charge in [-0.3, -0.25) is 0 Å². The predicted octanol–water partition coefficient (Wildman–Crippen LogP) is 3.81. The molecular weight excluding hydrogens is 167 g/mol. The minimum absolute atomic E-state index is 0.314. The minimum atomic E-state index is -1.60. The van der Waals surface area contributed by atoms with Crippen LogP contribution in [0.2, 0.25) is 0 Å². The Hall–Kier alpha value is -0.110. The molecule has 0 aromatic carbocycles. The summed E-state index contributed by atoms with van der Waals surface area (Å²) in [5.74, 6) is 0. The Morgan fingerprint density at radius 3 is 1.85 bits per heavy atom. The Morgan fingerprint density at radius 2 is 1.38 bits per heavy atom. The van der Waals surface area contributed by atoms with Crippen LogP contribution in [-0.4, -0.2) is 11.5 Å². The third-order valence-electron chi connectivity index (χ3n) is 2.30. The molecule has 0 heterocycles. The highest BCUT2D eigenvalue weighted by Gasteiger charge is 1.98. The molecule has 2 heteroatoms. The van der Waals surface area contributed by atoms with E-state index >= 15 is 0 Å². The summed E-state index contributed by atoms with van der Waals surface area (Å²) in [7, 11) is 0. The number of hydrogen-bond donors (Lipinski definition) is 1. The molecule has 80 valence electrons. The smallest absolute Gasteiger partial charge is 0.196 e. The van der Waals surface area contributed by atoms with E-state index in [0.717, 1.165) is 12.8 Å². The molecule has 0 amide bonds. The van der Waals surface area contributed by atoms with Gasteiger partial charge in [-0.1, -0.05) is 51.9 Å². The van der Waals surface area contributed by atoms with Gasteiger partial charge in [0, 0.05) is 6.42 Å². The number of halogens is 1. The SMILES string of the molecule is CCCCCCCCCCC(O)F. The van der Waals surface area contributed by atoms with Crippen LogP contribution < -0.4 is 0 Å². The van der Waals surface area contributed by atoms with Gasteiger partial charge in [0.25, 0.3) is 0 Å². The Labute approximate surface area is 81.3 Å². The van der Waals surface area contributed by atoms with Crippen LogP contribution in [0.1, 0.15) is 64.7 Å². The third-order valence-corrected chi connectivity index (χ3v) is 2.30. The average Bonchev–Trinajstić information content (AvgIpc) is 2.09. The van der Waals surface area contributed by atoms with E-state index in [-0.39, 0.29) is 0 Å². The van der Waals surface area contributed by atoms with Crippen LogP contribution in [0.4, 0.5) is 4.39 Å². The summed E-state index contributed by atoms with van der Waals surface area (Å²) in [5.41, 5.74) is 0. The molecule has 1 N–H and O–H groups in total. The number of aliphatic hydroxyl groups is 1. The van der Waals surface area contributed by atoms with E-state index in [4.69, 9.17) is 5.11 Å². The molecule has 1 unspecified atom stereocenters. The minimum Gasteiger partial charge on any atom is -0.364 e. The summed E-state index contributed by atoms with van der Waals surface area (Å²) in [5, 5.41) is 8.36. The van der Waals surface area contributed by atoms with Crippen molar-refractivity contribution in [1.82, 2.24) is 0 Å². The fourth-order valence-corrected chi connectivity index (χ4v) is 1.45. The van der Waals surface area contributed by atoms with Gasteiger partial charge in [0.15, 0.2) is 6.36 Å². The van der Waals surface area contributed by atoms with Crippen LogP contribution >= 0.6 is 0 Å². The first kappa shape index (κ1) is 12.9. The first-order valence-corrected chi connectivity index (χ1v) is 5.59. The standard InChI is InChI=1S/C11H23FO/c1-2-3-4-5-6-7-8-9-10-11(12)13/h11,13H,2-10H2,1H3. The second kappa shape index (κ2) is 9.97. The van der Waals surface area contributed by atoms with Gasteiger partial charge in [0.2, 0.25) is 0 Å². The highest BCUT2D eigenvalue weighted by Crippen LogP contribution is 2.10. The molecule has 13 heavy (non-hydrogen) atoms. The number of unbranched alkanes of at least 4 members (excludes halogenated alkanes) is 7. The molecule has 0 aliphatic rings. The first-order chi connectivity index (χ1) is 6.27. The summed E-state index contributed by atoms with van der Waals surface area (Å²) in [6.45, 7) is 2.21. The molecule has 0 aliphatic carbocycles. The van der Waals surface area contributed by atoms with Crippen LogP contribution in [0, 0.1) is 0 Å². The van der Waals surface area contributed by atoms with Crippen molar-refractivity contribution in [2.75, 3.05) is 0 Å². The average molecular weight is 190 g/mol. The first-order valence-electron chi connectivity index (χ1n) is 5.59. The Balaban J connectivity index is 2.84. The normalized spacial score (nSPS) is 13.2. The fraction of sp³-hybridized carbons (Fsp3) is 1.00. The molecule has 0 aliphatic heterocycles. The van der Waals surface area contributed by atoms with Crippen LogP contribution in [0.15, 0.2) is 0 Å². The van der Waals surface area contributed by atoms with Crippen molar-refractivity contribution in [1.29, 1.82) is 0 Å². The third kappa shape index (κ3) is 11.9. The fourth-order valence-electron chi connectivity index (χ4n) is 1.45. The van der Waals surface area contributed by atoms with Gasteiger partial charge >= 0.3 is 0 Å². The molecule has 0 rings (SSSR count). The van der Waals surface area contributed by atoms with E-state index in [1.165, 1.54) is 38.5 Å². The molecule has 0 saturated heterocycles. The van der Waals surface area contributed by atoms with Crippen LogP contribution in [0.5, 0.6) is 0 Å². The highest BCUT2D eigenvalue weighted by molar-refractivity contribution is 4.47. The molecule has 1 nitrogen and oxygen atoms in total. The van der Waals surface area contributed by atoms with E-state index in [1.807, 2.05) is 0 Å². The lowest BCUT2D eigenvalue weighted by molar-refractivity contribution is 0.0323. The van der Waals surface area contributed by atoms with Gasteiger partial charge in [-0.05, 0) is 6.42 Å². The number of alkyl halides is 1. The molecule has 0 radical (unpaired) electrons. The highest BCUT2D eigenvalue weighted by atomic mass is 19.1. The van der Waals surface area contributed by atoms with Crippen molar-refractivity contribution in [2.24, 2.45) is 0 Å². The quantitative estimate of drug-likeness (QED) is 0.548. The van der Waals surface area contributed by atoms with Gasteiger partial charge in [0.1, 0.15) is 0 Å². The summed E-state index contributed by atoms with van der Waals surface area (Å²) >= 11 is 0. The van der Waals surface area contributed by atoms with Crippen LogP contribution in [0.25, 0.3) is 0 Å². The van der Waals surface area contributed by atoms with Crippen molar-refractivity contribution in [2.45, 2.75) is 71.1 Å². The van der Waals surface area contributed by atoms with Crippen molar-refractivity contribution in [3.05, 3.63) is 0 Å². The zero-order valence-electron chi connectivity index (χ0n) is 8.77. The van der Waals surface area contributed by atoms with Crippen molar-refractivity contribution < 1.29 is 9.50 Å². The molecule has 0 bridgehead atoms. The molecule has 0 fully saturated rings. The van der Waals surface area contributed by atoms with Crippen LogP contribution in [-0.2, 0) is 0 Å². The van der Waals surface area contributed by atoms with Gasteiger partial charge in [-0.25, -0.2) is 4.39 Å².